The van der Waals surface area contributed by atoms with Gasteiger partial charge in [0.2, 0.25) is 29.7 Å². The van der Waals surface area contributed by atoms with Gasteiger partial charge in [-0.25, -0.2) is 58.6 Å². The number of nitrogens with zero attached hydrogens (tertiary/aromatic N) is 16. The van der Waals surface area contributed by atoms with E-state index in [1.807, 2.05) is 145 Å². The maximum absolute atomic E-state index is 12.8. The first kappa shape index (κ1) is 86.4. The Morgan fingerprint density at radius 2 is 1.12 bits per heavy atom. The number of aryl methyl sites for hydroxylation is 1. The van der Waals surface area contributed by atoms with Gasteiger partial charge < -0.3 is 65.0 Å². The molecule has 1 atom stereocenters. The van der Waals surface area contributed by atoms with Crippen LogP contribution in [-0.2, 0) is 23.1 Å². The van der Waals surface area contributed by atoms with E-state index in [1.165, 1.54) is 17.7 Å². The Hall–Kier alpha value is -13.8. The molecular formula is C97H95F2N21O6S2. The highest BCUT2D eigenvalue weighted by Gasteiger charge is 2.27. The zero-order valence-corrected chi connectivity index (χ0v) is 72.8. The molecule has 12 heterocycles. The van der Waals surface area contributed by atoms with E-state index in [1.54, 1.807) is 71.4 Å². The molecule has 5 fully saturated rings. The van der Waals surface area contributed by atoms with Gasteiger partial charge in [0, 0.05) is 217 Å². The molecule has 0 unspecified atom stereocenters. The fraction of sp³-hybridized carbons (Fsp3) is 0.278. The van der Waals surface area contributed by atoms with Crippen LogP contribution < -0.4 is 50.4 Å². The van der Waals surface area contributed by atoms with Crippen LogP contribution in [0.25, 0.3) is 75.9 Å². The van der Waals surface area contributed by atoms with E-state index >= 15 is 0 Å². The molecule has 8 aromatic carbocycles. The van der Waals surface area contributed by atoms with E-state index in [2.05, 4.69) is 136 Å². The number of carbonyl (C=O) groups excluding carboxylic acids is 1. The predicted molar refractivity (Wildman–Crippen MR) is 501 cm³/mol. The fourth-order valence-electron chi connectivity index (χ4n) is 15.7. The Kier molecular flexibility index (Phi) is 27.5. The molecule has 5 aliphatic heterocycles. The van der Waals surface area contributed by atoms with Crippen LogP contribution in [0, 0.1) is 24.7 Å². The Morgan fingerprint density at radius 1 is 0.539 bits per heavy atom. The lowest BCUT2D eigenvalue weighted by molar-refractivity contribution is -0.117. The number of carbonyl (C=O) groups is 1. The summed E-state index contributed by atoms with van der Waals surface area (Å²) in [6, 6.07) is 45.5. The summed E-state index contributed by atoms with van der Waals surface area (Å²) >= 11 is 3.16. The highest BCUT2D eigenvalue weighted by atomic mass is 32.1. The third-order valence-electron chi connectivity index (χ3n) is 22.5. The molecule has 31 heteroatoms. The Bertz CT molecular complexity index is 6450. The van der Waals surface area contributed by atoms with Gasteiger partial charge >= 0.3 is 0 Å². The molecular weight excluding hydrogens is 1660 g/mol. The molecule has 128 heavy (non-hydrogen) atoms. The number of aromatic nitrogens is 12. The standard InChI is InChI=1S/C27H28N6O2S.C26H26N6O2.C24H23F2N5OS.C20H18N4O/c1-32-12-8-21(9-13-32)35-24-16-23-18(15-22(24)26-28-10-14-36-26)17-29-27(31-23)30-19-4-6-20(7-5-19)33-11-2-3-25(33)34;1-4-18-9-21-14-27-26(30-25(21)24(12-18)33-3)29-23-11-19(16-32-5-7-34-8-6-32)10-20(13-23)22-15-28-31(2)17-22;1-31-9-6-18(7-10-31)32-21-13-20-16(12-19(21)23-27-8-11-33-23)14-28-24(30-20)29-17-4-2-15(3-5-17)22(25)26;1-2-14-6-7-19-15(10-14)12-22-20(24-19)23-16-4-3-5-17(11-16)25-18-8-9-21-13-18/h4-7,10,14-17,21H,2-3,8-9,11-13H2,1H3,(H,29,30,31);1,9-15,17H,5-8,16H2,2-3H3,(H,27,29,30);2-5,8,11-14,18,22H,6-7,9-10H2,1H3,(H,28,29,30);1,3-7,10-12,18,21H,8-9,13H2,(H,22,23,24)/t;;;18-/m...1/s1. The summed E-state index contributed by atoms with van der Waals surface area (Å²) < 4.78 is 57.4. The fourth-order valence-corrected chi connectivity index (χ4v) is 17.0. The summed E-state index contributed by atoms with van der Waals surface area (Å²) in [5.74, 6) is 10.4. The van der Waals surface area contributed by atoms with Gasteiger partial charge in [0.05, 0.1) is 54.2 Å². The summed E-state index contributed by atoms with van der Waals surface area (Å²) in [7, 11) is 7.81. The summed E-state index contributed by atoms with van der Waals surface area (Å²) in [4.78, 5) is 66.4. The molecule has 0 bridgehead atoms. The smallest absolute Gasteiger partial charge is 0.263 e. The second-order valence-corrected chi connectivity index (χ2v) is 33.6. The van der Waals surface area contributed by atoms with Gasteiger partial charge in [-0.3, -0.25) is 14.4 Å². The molecule has 7 aromatic heterocycles. The molecule has 1 amide bonds. The number of methoxy groups -OCH3 is 1. The van der Waals surface area contributed by atoms with Gasteiger partial charge in [0.1, 0.15) is 56.8 Å². The molecule has 0 aliphatic carbocycles. The first-order chi connectivity index (χ1) is 62.6. The molecule has 15 aromatic rings. The van der Waals surface area contributed by atoms with Crippen molar-refractivity contribution >= 4 is 124 Å². The van der Waals surface area contributed by atoms with Crippen LogP contribution in [-0.4, -0.2) is 192 Å². The maximum atomic E-state index is 12.8. The van der Waals surface area contributed by atoms with Crippen LogP contribution in [0.2, 0.25) is 0 Å². The lowest BCUT2D eigenvalue weighted by Crippen LogP contribution is -2.35. The minimum atomic E-state index is -2.49. The average Bonchev–Trinajstić information content (AvgIpc) is 0.967. The number of hydrogen-bond acceptors (Lipinski definition) is 27. The number of nitrogens with one attached hydrogen (secondary N) is 5. The van der Waals surface area contributed by atoms with Crippen LogP contribution in [0.3, 0.4) is 0 Å². The molecule has 5 saturated heterocycles. The van der Waals surface area contributed by atoms with E-state index in [9.17, 15) is 13.6 Å². The molecule has 0 saturated carbocycles. The monoisotopic (exact) mass is 1750 g/mol. The van der Waals surface area contributed by atoms with Crippen molar-refractivity contribution in [1.82, 2.24) is 79.6 Å². The zero-order chi connectivity index (χ0) is 87.8. The van der Waals surface area contributed by atoms with Crippen molar-refractivity contribution in [2.45, 2.75) is 76.2 Å². The number of alkyl halides is 2. The number of amides is 1. The summed E-state index contributed by atoms with van der Waals surface area (Å²) in [5, 5.41) is 29.9. The Labute approximate surface area is 747 Å². The molecule has 650 valence electrons. The van der Waals surface area contributed by atoms with Crippen molar-refractivity contribution in [3.8, 4) is 80.0 Å². The van der Waals surface area contributed by atoms with Crippen molar-refractivity contribution in [3.05, 3.63) is 228 Å². The third-order valence-corrected chi connectivity index (χ3v) is 24.1. The quantitative estimate of drug-likeness (QED) is 0.0394. The van der Waals surface area contributed by atoms with Crippen LogP contribution in [0.1, 0.15) is 73.6 Å². The number of thiazole rings is 2. The first-order valence-corrected chi connectivity index (χ1v) is 44.3. The van der Waals surface area contributed by atoms with Crippen molar-refractivity contribution in [3.63, 3.8) is 0 Å². The summed E-state index contributed by atoms with van der Waals surface area (Å²) in [5.41, 5.74) is 14.1. The second-order valence-electron chi connectivity index (χ2n) is 31.8. The van der Waals surface area contributed by atoms with Crippen molar-refractivity contribution in [1.29, 1.82) is 0 Å². The SMILES string of the molecule is C#Cc1cc(OC)c2nc(Nc3cc(CN4CCOCC4)cc(-c4cnn(C)c4)c3)ncc2c1.C#Cc1ccc2nc(Nc3cccc(O[C@@H]4CCNC4)c3)ncc2c1.CN1CCC(Oc2cc3nc(Nc4ccc(C(F)F)cc4)ncc3cc2-c2nccs2)CC1.CN1CCC(Oc2cc3nc(Nc4ccc(N5CCCC5=O)cc4)ncc3cc2-c2nccs2)CC1. The van der Waals surface area contributed by atoms with Crippen LogP contribution >= 0.6 is 22.7 Å². The van der Waals surface area contributed by atoms with Crippen LogP contribution in [0.5, 0.6) is 23.0 Å². The second kappa shape index (κ2) is 40.7. The topological polar surface area (TPSA) is 283 Å². The lowest BCUT2D eigenvalue weighted by atomic mass is 10.0. The number of anilines is 9. The summed E-state index contributed by atoms with van der Waals surface area (Å²) in [6.45, 7) is 11.0. The van der Waals surface area contributed by atoms with Gasteiger partial charge in [0.15, 0.2) is 0 Å². The van der Waals surface area contributed by atoms with E-state index in [0.717, 1.165) is 239 Å². The van der Waals surface area contributed by atoms with E-state index in [-0.39, 0.29) is 29.8 Å². The maximum Gasteiger partial charge on any atom is 0.263 e. The van der Waals surface area contributed by atoms with Gasteiger partial charge in [0.25, 0.3) is 6.43 Å². The number of terminal acetylenes is 2. The largest absolute Gasteiger partial charge is 0.494 e. The zero-order valence-electron chi connectivity index (χ0n) is 71.2. The molecule has 0 radical (unpaired) electrons. The van der Waals surface area contributed by atoms with E-state index in [0.29, 0.717) is 47.2 Å². The minimum absolute atomic E-state index is 0.0228. The number of ether oxygens (including phenoxy) is 5. The van der Waals surface area contributed by atoms with E-state index < -0.39 is 6.43 Å². The van der Waals surface area contributed by atoms with E-state index in [4.69, 9.17) is 46.5 Å². The van der Waals surface area contributed by atoms with Crippen molar-refractivity contribution < 1.29 is 37.3 Å². The number of hydrogen-bond donors (Lipinski definition) is 5. The van der Waals surface area contributed by atoms with Gasteiger partial charge in [-0.05, 0) is 179 Å². The summed E-state index contributed by atoms with van der Waals surface area (Å²) in [6.07, 6.45) is 30.2. The van der Waals surface area contributed by atoms with Crippen LogP contribution in [0.15, 0.2) is 206 Å². The normalized spacial score (nSPS) is 15.7. The van der Waals surface area contributed by atoms with Crippen molar-refractivity contribution in [2.24, 2.45) is 7.05 Å². The highest BCUT2D eigenvalue weighted by Crippen LogP contribution is 2.40. The number of morpholine rings is 1. The molecule has 27 nitrogen and oxygen atoms in total. The third kappa shape index (κ3) is 22.0. The van der Waals surface area contributed by atoms with Gasteiger partial charge in [-0.1, -0.05) is 30.0 Å². The van der Waals surface area contributed by atoms with Crippen LogP contribution in [0.4, 0.5) is 61.0 Å². The number of piperidine rings is 2. The molecule has 20 rings (SSSR count). The number of benzene rings is 8. The Morgan fingerprint density at radius 3 is 1.67 bits per heavy atom. The van der Waals surface area contributed by atoms with Crippen molar-refractivity contribution in [2.75, 3.05) is 119 Å². The number of halogens is 2. The predicted octanol–water partition coefficient (Wildman–Crippen LogP) is 17.7. The minimum Gasteiger partial charge on any atom is -0.494 e. The Balaban J connectivity index is 0.000000121. The highest BCUT2D eigenvalue weighted by molar-refractivity contribution is 7.13. The lowest BCUT2D eigenvalue weighted by Gasteiger charge is -2.29. The number of likely N-dealkylation sites (tertiary alicyclic amines) is 2. The molecule has 0 spiro atoms. The number of rotatable bonds is 22. The molecule has 5 aliphatic rings. The first-order valence-electron chi connectivity index (χ1n) is 42.5. The van der Waals surface area contributed by atoms with Gasteiger partial charge in [-0.2, -0.15) is 5.10 Å². The molecule has 5 N–H and O–H groups in total. The van der Waals surface area contributed by atoms with Gasteiger partial charge in [-0.15, -0.1) is 35.5 Å². The number of fused-ring (bicyclic) bond motifs is 4. The average molecular weight is 1750 g/mol.